The molecular formula is C18H27N3OS. The van der Waals surface area contributed by atoms with Crippen LogP contribution in [-0.2, 0) is 11.2 Å². The normalized spacial score (nSPS) is 22.2. The third-order valence-corrected chi connectivity index (χ3v) is 5.59. The van der Waals surface area contributed by atoms with Crippen molar-refractivity contribution in [3.05, 3.63) is 29.8 Å². The molecule has 0 spiro atoms. The summed E-state index contributed by atoms with van der Waals surface area (Å²) in [4.78, 5) is 14.6. The molecule has 0 saturated carbocycles. The Balaban J connectivity index is 1.41. The Morgan fingerprint density at radius 3 is 2.74 bits per heavy atom. The summed E-state index contributed by atoms with van der Waals surface area (Å²) in [5.74, 6) is 2.64. The molecule has 126 valence electrons. The Morgan fingerprint density at radius 1 is 1.26 bits per heavy atom. The fourth-order valence-corrected chi connectivity index (χ4v) is 4.21. The van der Waals surface area contributed by atoms with Crippen LogP contribution in [-0.4, -0.2) is 54.5 Å². The minimum atomic E-state index is 0.114. The zero-order valence-corrected chi connectivity index (χ0v) is 14.5. The average molecular weight is 334 g/mol. The first-order chi connectivity index (χ1) is 11.3. The summed E-state index contributed by atoms with van der Waals surface area (Å²) in [5.41, 5.74) is 2.25. The maximum Gasteiger partial charge on any atom is 0.225 e. The van der Waals surface area contributed by atoms with Crippen molar-refractivity contribution < 1.29 is 4.79 Å². The van der Waals surface area contributed by atoms with Gasteiger partial charge in [0.1, 0.15) is 0 Å². The van der Waals surface area contributed by atoms with Gasteiger partial charge >= 0.3 is 0 Å². The van der Waals surface area contributed by atoms with E-state index >= 15 is 0 Å². The number of carbonyl (C=O) groups is 1. The van der Waals surface area contributed by atoms with Crippen molar-refractivity contribution >= 4 is 23.4 Å². The molecule has 2 aliphatic heterocycles. The highest BCUT2D eigenvalue weighted by Gasteiger charge is 2.17. The van der Waals surface area contributed by atoms with Gasteiger partial charge in [-0.25, -0.2) is 0 Å². The van der Waals surface area contributed by atoms with Crippen LogP contribution in [0.4, 0.5) is 5.69 Å². The predicted octanol–water partition coefficient (Wildman–Crippen LogP) is 2.36. The SMILES string of the molecule is O=C(CC1CCCN1)Nc1ccc(CCN2CCSCC2)cc1. The molecule has 4 nitrogen and oxygen atoms in total. The first-order valence-corrected chi connectivity index (χ1v) is 9.87. The van der Waals surface area contributed by atoms with Gasteiger partial charge in [0.05, 0.1) is 0 Å². The highest BCUT2D eigenvalue weighted by molar-refractivity contribution is 7.99. The second kappa shape index (κ2) is 8.71. The van der Waals surface area contributed by atoms with Crippen LogP contribution < -0.4 is 10.6 Å². The number of benzene rings is 1. The quantitative estimate of drug-likeness (QED) is 0.839. The summed E-state index contributed by atoms with van der Waals surface area (Å²) in [6.07, 6.45) is 3.96. The van der Waals surface area contributed by atoms with Gasteiger partial charge in [0.25, 0.3) is 0 Å². The maximum absolute atomic E-state index is 12.0. The van der Waals surface area contributed by atoms with Crippen molar-refractivity contribution in [1.82, 2.24) is 10.2 Å². The molecule has 0 radical (unpaired) electrons. The minimum Gasteiger partial charge on any atom is -0.326 e. The molecule has 0 aliphatic carbocycles. The van der Waals surface area contributed by atoms with Crippen molar-refractivity contribution in [2.75, 3.05) is 43.0 Å². The third-order valence-electron chi connectivity index (χ3n) is 4.65. The lowest BCUT2D eigenvalue weighted by Crippen LogP contribution is -2.34. The smallest absolute Gasteiger partial charge is 0.225 e. The van der Waals surface area contributed by atoms with Crippen LogP contribution in [0.25, 0.3) is 0 Å². The molecule has 1 aromatic rings. The van der Waals surface area contributed by atoms with E-state index < -0.39 is 0 Å². The van der Waals surface area contributed by atoms with Gasteiger partial charge in [0.2, 0.25) is 5.91 Å². The van der Waals surface area contributed by atoms with E-state index in [0.717, 1.165) is 31.6 Å². The first kappa shape index (κ1) is 16.8. The van der Waals surface area contributed by atoms with Gasteiger partial charge in [-0.3, -0.25) is 4.79 Å². The highest BCUT2D eigenvalue weighted by Crippen LogP contribution is 2.14. The number of amides is 1. The highest BCUT2D eigenvalue weighted by atomic mass is 32.2. The Bertz CT molecular complexity index is 493. The Morgan fingerprint density at radius 2 is 2.04 bits per heavy atom. The van der Waals surface area contributed by atoms with Crippen LogP contribution in [0.5, 0.6) is 0 Å². The molecule has 23 heavy (non-hydrogen) atoms. The van der Waals surface area contributed by atoms with Crippen molar-refractivity contribution in [3.63, 3.8) is 0 Å². The van der Waals surface area contributed by atoms with E-state index in [0.29, 0.717) is 12.5 Å². The lowest BCUT2D eigenvalue weighted by atomic mass is 10.1. The van der Waals surface area contributed by atoms with Gasteiger partial charge in [0.15, 0.2) is 0 Å². The van der Waals surface area contributed by atoms with Gasteiger partial charge in [-0.05, 0) is 43.5 Å². The fraction of sp³-hybridized carbons (Fsp3) is 0.611. The number of nitrogens with one attached hydrogen (secondary N) is 2. The van der Waals surface area contributed by atoms with E-state index in [2.05, 4.69) is 39.4 Å². The average Bonchev–Trinajstić information content (AvgIpc) is 3.08. The number of hydrogen-bond donors (Lipinski definition) is 2. The number of thioether (sulfide) groups is 1. The molecule has 2 saturated heterocycles. The van der Waals surface area contributed by atoms with E-state index in [1.165, 1.54) is 36.6 Å². The summed E-state index contributed by atoms with van der Waals surface area (Å²) in [5, 5.41) is 6.37. The molecule has 2 aliphatic rings. The summed E-state index contributed by atoms with van der Waals surface area (Å²) >= 11 is 2.05. The van der Waals surface area contributed by atoms with Crippen molar-refractivity contribution in [2.24, 2.45) is 0 Å². The van der Waals surface area contributed by atoms with E-state index in [1.807, 2.05) is 12.1 Å². The molecule has 0 bridgehead atoms. The second-order valence-corrected chi connectivity index (χ2v) is 7.67. The molecule has 2 heterocycles. The number of nitrogens with zero attached hydrogens (tertiary/aromatic N) is 1. The molecule has 2 N–H and O–H groups in total. The summed E-state index contributed by atoms with van der Waals surface area (Å²) in [6.45, 7) is 4.62. The predicted molar refractivity (Wildman–Crippen MR) is 98.2 cm³/mol. The Hall–Kier alpha value is -1.04. The fourth-order valence-electron chi connectivity index (χ4n) is 3.23. The van der Waals surface area contributed by atoms with Crippen LogP contribution in [0.1, 0.15) is 24.8 Å². The number of carbonyl (C=O) groups excluding carboxylic acids is 1. The molecule has 1 unspecified atom stereocenters. The topological polar surface area (TPSA) is 44.4 Å². The standard InChI is InChI=1S/C18H27N3OS/c22-18(14-17-2-1-8-19-17)20-16-5-3-15(4-6-16)7-9-21-10-12-23-13-11-21/h3-6,17,19H,1-2,7-14H2,(H,20,22). The summed E-state index contributed by atoms with van der Waals surface area (Å²) < 4.78 is 0. The maximum atomic E-state index is 12.0. The largest absolute Gasteiger partial charge is 0.326 e. The van der Waals surface area contributed by atoms with Gasteiger partial charge in [-0.1, -0.05) is 12.1 Å². The van der Waals surface area contributed by atoms with Gasteiger partial charge < -0.3 is 15.5 Å². The summed E-state index contributed by atoms with van der Waals surface area (Å²) in [6, 6.07) is 8.70. The third kappa shape index (κ3) is 5.52. The molecule has 0 aromatic heterocycles. The van der Waals surface area contributed by atoms with Gasteiger partial charge in [0, 0.05) is 49.3 Å². The van der Waals surface area contributed by atoms with Crippen molar-refractivity contribution in [3.8, 4) is 0 Å². The zero-order valence-electron chi connectivity index (χ0n) is 13.7. The van der Waals surface area contributed by atoms with E-state index in [4.69, 9.17) is 0 Å². The zero-order chi connectivity index (χ0) is 15.9. The lowest BCUT2D eigenvalue weighted by molar-refractivity contribution is -0.116. The van der Waals surface area contributed by atoms with E-state index in [9.17, 15) is 4.79 Å². The van der Waals surface area contributed by atoms with Crippen LogP contribution in [0.15, 0.2) is 24.3 Å². The summed E-state index contributed by atoms with van der Waals surface area (Å²) in [7, 11) is 0. The Labute approximate surface area is 143 Å². The lowest BCUT2D eigenvalue weighted by Gasteiger charge is -2.26. The molecule has 2 fully saturated rings. The Kier molecular flexibility index (Phi) is 6.37. The molecule has 1 aromatic carbocycles. The van der Waals surface area contributed by atoms with E-state index in [1.54, 1.807) is 0 Å². The molecule has 3 rings (SSSR count). The van der Waals surface area contributed by atoms with Crippen molar-refractivity contribution in [2.45, 2.75) is 31.7 Å². The molecule has 1 atom stereocenters. The number of hydrogen-bond acceptors (Lipinski definition) is 4. The second-order valence-electron chi connectivity index (χ2n) is 6.45. The van der Waals surface area contributed by atoms with E-state index in [-0.39, 0.29) is 5.91 Å². The molecular weight excluding hydrogens is 306 g/mol. The molecule has 1 amide bonds. The van der Waals surface area contributed by atoms with Crippen LogP contribution >= 0.6 is 11.8 Å². The first-order valence-electron chi connectivity index (χ1n) is 8.72. The minimum absolute atomic E-state index is 0.114. The number of anilines is 1. The monoisotopic (exact) mass is 333 g/mol. The van der Waals surface area contributed by atoms with Gasteiger partial charge in [-0.15, -0.1) is 0 Å². The van der Waals surface area contributed by atoms with Crippen molar-refractivity contribution in [1.29, 1.82) is 0 Å². The molecule has 5 heteroatoms. The van der Waals surface area contributed by atoms with Gasteiger partial charge in [-0.2, -0.15) is 11.8 Å². The van der Waals surface area contributed by atoms with Crippen LogP contribution in [0, 0.1) is 0 Å². The number of rotatable bonds is 6. The van der Waals surface area contributed by atoms with Crippen LogP contribution in [0.2, 0.25) is 0 Å². The van der Waals surface area contributed by atoms with Crippen LogP contribution in [0.3, 0.4) is 0 Å².